The Morgan fingerprint density at radius 1 is 0.889 bits per heavy atom. The van der Waals surface area contributed by atoms with E-state index in [9.17, 15) is 9.59 Å². The van der Waals surface area contributed by atoms with Crippen LogP contribution in [0, 0.1) is 11.8 Å². The molecule has 0 amide bonds. The first-order valence-corrected chi connectivity index (χ1v) is 5.45. The lowest BCUT2D eigenvalue weighted by atomic mass is 9.90. The molecular weight excluding hydrogens is 244 g/mol. The smallest absolute Gasteiger partial charge is 0.321 e. The van der Waals surface area contributed by atoms with Gasteiger partial charge in [0, 0.05) is 28.4 Å². The van der Waals surface area contributed by atoms with Gasteiger partial charge < -0.3 is 23.7 Å². The van der Waals surface area contributed by atoms with E-state index in [1.54, 1.807) is 0 Å². The number of rotatable bonds is 6. The van der Waals surface area contributed by atoms with E-state index in [-0.39, 0.29) is 6.42 Å². The summed E-state index contributed by atoms with van der Waals surface area (Å²) in [5.41, 5.74) is 0. The summed E-state index contributed by atoms with van der Waals surface area (Å²) in [6, 6.07) is 0. The van der Waals surface area contributed by atoms with Gasteiger partial charge >= 0.3 is 11.9 Å². The molecule has 0 N–H and O–H groups in total. The van der Waals surface area contributed by atoms with Gasteiger partial charge in [0.2, 0.25) is 0 Å². The minimum Gasteiger partial charge on any atom is -0.392 e. The van der Waals surface area contributed by atoms with Gasteiger partial charge in [0.05, 0.1) is 0 Å². The number of hydrogen-bond acceptors (Lipinski definition) is 7. The largest absolute Gasteiger partial charge is 0.392 e. The number of carbonyl (C=O) groups is 2. The Hall–Kier alpha value is -1.02. The number of hydrogen-bond donors (Lipinski definition) is 0. The second kappa shape index (κ2) is 6.79. The highest BCUT2D eigenvalue weighted by Crippen LogP contribution is 2.29. The Kier molecular flexibility index (Phi) is 5.67. The van der Waals surface area contributed by atoms with Crippen LogP contribution in [0.5, 0.6) is 0 Å². The molecule has 18 heavy (non-hydrogen) atoms. The van der Waals surface area contributed by atoms with E-state index >= 15 is 0 Å². The Morgan fingerprint density at radius 2 is 1.22 bits per heavy atom. The minimum absolute atomic E-state index is 0.191. The molecule has 0 aromatic heterocycles. The number of carbonyl (C=O) groups excluding carboxylic acids is 2. The van der Waals surface area contributed by atoms with Gasteiger partial charge in [-0.2, -0.15) is 0 Å². The Bertz CT molecular complexity index is 268. The molecule has 0 aromatic carbocycles. The number of methoxy groups -OCH3 is 4. The van der Waals surface area contributed by atoms with Crippen LogP contribution in [0.4, 0.5) is 0 Å². The first-order valence-electron chi connectivity index (χ1n) is 5.45. The van der Waals surface area contributed by atoms with Crippen molar-refractivity contribution in [3.05, 3.63) is 0 Å². The number of cyclic esters (lactones) is 2. The molecule has 7 heteroatoms. The molecular formula is C11H18O7. The third kappa shape index (κ3) is 3.05. The van der Waals surface area contributed by atoms with Crippen molar-refractivity contribution in [2.45, 2.75) is 19.0 Å². The maximum Gasteiger partial charge on any atom is 0.321 e. The normalized spacial score (nSPS) is 24.8. The molecule has 1 heterocycles. The molecule has 0 saturated carbocycles. The highest BCUT2D eigenvalue weighted by Gasteiger charge is 2.45. The maximum absolute atomic E-state index is 11.6. The number of ether oxygens (including phenoxy) is 5. The van der Waals surface area contributed by atoms with Crippen LogP contribution >= 0.6 is 0 Å². The topological polar surface area (TPSA) is 80.3 Å². The molecule has 1 rings (SSSR count). The molecule has 0 radical (unpaired) electrons. The number of esters is 2. The molecule has 0 bridgehead atoms. The summed E-state index contributed by atoms with van der Waals surface area (Å²) in [4.78, 5) is 23.2. The van der Waals surface area contributed by atoms with Gasteiger partial charge in [0.15, 0.2) is 12.6 Å². The van der Waals surface area contributed by atoms with Gasteiger partial charge in [-0.3, -0.25) is 9.59 Å². The lowest BCUT2D eigenvalue weighted by Gasteiger charge is -2.32. The van der Waals surface area contributed by atoms with Crippen LogP contribution in [0.2, 0.25) is 0 Å². The van der Waals surface area contributed by atoms with Gasteiger partial charge in [-0.25, -0.2) is 0 Å². The summed E-state index contributed by atoms with van der Waals surface area (Å²) in [5, 5.41) is 0. The zero-order valence-corrected chi connectivity index (χ0v) is 10.9. The average molecular weight is 262 g/mol. The molecule has 2 atom stereocenters. The Morgan fingerprint density at radius 3 is 1.50 bits per heavy atom. The molecule has 0 aliphatic carbocycles. The van der Waals surface area contributed by atoms with Crippen molar-refractivity contribution in [1.82, 2.24) is 0 Å². The summed E-state index contributed by atoms with van der Waals surface area (Å²) in [6.45, 7) is 0. The predicted octanol–water partition coefficient (Wildman–Crippen LogP) is -0.0699. The third-order valence-corrected chi connectivity index (χ3v) is 2.90. The third-order valence-electron chi connectivity index (χ3n) is 2.90. The van der Waals surface area contributed by atoms with Gasteiger partial charge in [-0.1, -0.05) is 0 Å². The first-order chi connectivity index (χ1) is 8.58. The van der Waals surface area contributed by atoms with Gasteiger partial charge in [0.25, 0.3) is 0 Å². The summed E-state index contributed by atoms with van der Waals surface area (Å²) in [7, 11) is 5.65. The van der Waals surface area contributed by atoms with Crippen molar-refractivity contribution in [2.24, 2.45) is 11.8 Å². The van der Waals surface area contributed by atoms with Crippen LogP contribution in [0.25, 0.3) is 0 Å². The van der Waals surface area contributed by atoms with E-state index in [0.29, 0.717) is 0 Å². The van der Waals surface area contributed by atoms with Crippen molar-refractivity contribution in [2.75, 3.05) is 28.4 Å². The van der Waals surface area contributed by atoms with E-state index in [4.69, 9.17) is 18.9 Å². The van der Waals surface area contributed by atoms with Crippen molar-refractivity contribution in [1.29, 1.82) is 0 Å². The maximum atomic E-state index is 11.6. The lowest BCUT2D eigenvalue weighted by Crippen LogP contribution is -2.46. The highest BCUT2D eigenvalue weighted by molar-refractivity contribution is 5.91. The van der Waals surface area contributed by atoms with Gasteiger partial charge in [-0.15, -0.1) is 0 Å². The molecule has 0 spiro atoms. The molecule has 1 aliphatic rings. The van der Waals surface area contributed by atoms with E-state index in [1.807, 2.05) is 0 Å². The van der Waals surface area contributed by atoms with Crippen molar-refractivity contribution < 1.29 is 33.3 Å². The first kappa shape index (κ1) is 15.0. The molecule has 0 unspecified atom stereocenters. The monoisotopic (exact) mass is 262 g/mol. The van der Waals surface area contributed by atoms with E-state index < -0.39 is 36.4 Å². The van der Waals surface area contributed by atoms with Crippen molar-refractivity contribution in [3.8, 4) is 0 Å². The van der Waals surface area contributed by atoms with Crippen LogP contribution in [0.1, 0.15) is 6.42 Å². The summed E-state index contributed by atoms with van der Waals surface area (Å²) >= 11 is 0. The summed E-state index contributed by atoms with van der Waals surface area (Å²) in [5.74, 6) is -2.68. The Balaban J connectivity index is 2.83. The molecule has 1 saturated heterocycles. The van der Waals surface area contributed by atoms with E-state index in [2.05, 4.69) is 4.74 Å². The minimum atomic E-state index is -0.762. The zero-order valence-electron chi connectivity index (χ0n) is 10.9. The predicted molar refractivity (Wildman–Crippen MR) is 58.3 cm³/mol. The summed E-state index contributed by atoms with van der Waals surface area (Å²) < 4.78 is 24.8. The second-order valence-corrected chi connectivity index (χ2v) is 3.87. The van der Waals surface area contributed by atoms with Crippen LogP contribution in [-0.4, -0.2) is 53.0 Å². The van der Waals surface area contributed by atoms with Crippen LogP contribution < -0.4 is 0 Å². The van der Waals surface area contributed by atoms with Gasteiger partial charge in [-0.05, 0) is 6.42 Å². The molecule has 104 valence electrons. The molecule has 0 aromatic rings. The van der Waals surface area contributed by atoms with Crippen molar-refractivity contribution in [3.63, 3.8) is 0 Å². The average Bonchev–Trinajstić information content (AvgIpc) is 2.36. The second-order valence-electron chi connectivity index (χ2n) is 3.87. The molecule has 1 aliphatic heterocycles. The fraction of sp³-hybridized carbons (Fsp3) is 0.818. The summed E-state index contributed by atoms with van der Waals surface area (Å²) in [6.07, 6.45) is -1.33. The van der Waals surface area contributed by atoms with Gasteiger partial charge in [0.1, 0.15) is 11.8 Å². The van der Waals surface area contributed by atoms with Crippen LogP contribution in [-0.2, 0) is 33.3 Å². The molecule has 7 nitrogen and oxygen atoms in total. The quantitative estimate of drug-likeness (QED) is 0.376. The lowest BCUT2D eigenvalue weighted by molar-refractivity contribution is -0.211. The van der Waals surface area contributed by atoms with E-state index in [0.717, 1.165) is 0 Å². The fourth-order valence-electron chi connectivity index (χ4n) is 2.01. The van der Waals surface area contributed by atoms with Crippen LogP contribution in [0.15, 0.2) is 0 Å². The highest BCUT2D eigenvalue weighted by atomic mass is 16.7. The fourth-order valence-corrected chi connectivity index (χ4v) is 2.01. The van der Waals surface area contributed by atoms with Crippen molar-refractivity contribution >= 4 is 11.9 Å². The Labute approximate surface area is 105 Å². The van der Waals surface area contributed by atoms with Crippen LogP contribution in [0.3, 0.4) is 0 Å². The molecule has 1 fully saturated rings. The SMILES string of the molecule is COC(OC)[C@H]1C[C@H](C(OC)OC)C(=O)OC1=O. The zero-order chi connectivity index (χ0) is 13.7. The standard InChI is InChI=1S/C11H18O7/c1-14-10(15-2)6-5-7(11(16-3)17-4)9(13)18-8(6)12/h6-7,10-11H,5H2,1-4H3/t6-,7-/m0/s1. The van der Waals surface area contributed by atoms with E-state index in [1.165, 1.54) is 28.4 Å².